The van der Waals surface area contributed by atoms with Crippen molar-refractivity contribution >= 4 is 11.9 Å². The summed E-state index contributed by atoms with van der Waals surface area (Å²) in [5.74, 6) is -0.382. The Kier molecular flexibility index (Phi) is 15.5. The molecule has 4 heteroatoms. The van der Waals surface area contributed by atoms with Gasteiger partial charge in [-0.3, -0.25) is 9.59 Å². The summed E-state index contributed by atoms with van der Waals surface area (Å²) in [6.45, 7) is 4.65. The summed E-state index contributed by atoms with van der Waals surface area (Å²) in [5.41, 5.74) is 0. The molecule has 0 aromatic heterocycles. The topological polar surface area (TPSA) is 52.6 Å². The van der Waals surface area contributed by atoms with Gasteiger partial charge in [0.2, 0.25) is 0 Å². The van der Waals surface area contributed by atoms with Crippen LogP contribution >= 0.6 is 0 Å². The Morgan fingerprint density at radius 3 is 1.45 bits per heavy atom. The number of ether oxygens (including phenoxy) is 2. The van der Waals surface area contributed by atoms with E-state index in [2.05, 4.69) is 13.8 Å². The van der Waals surface area contributed by atoms with Gasteiger partial charge in [-0.15, -0.1) is 0 Å². The summed E-state index contributed by atoms with van der Waals surface area (Å²) in [7, 11) is 0. The highest BCUT2D eigenvalue weighted by Gasteiger charge is 2.05. The average Bonchev–Trinajstić information content (AvgIpc) is 2.51. The van der Waals surface area contributed by atoms with E-state index in [-0.39, 0.29) is 25.2 Å². The van der Waals surface area contributed by atoms with E-state index in [0.29, 0.717) is 12.8 Å². The van der Waals surface area contributed by atoms with E-state index in [9.17, 15) is 9.59 Å². The Hall–Kier alpha value is -1.06. The van der Waals surface area contributed by atoms with Crippen LogP contribution in [0.5, 0.6) is 0 Å². The van der Waals surface area contributed by atoms with Crippen molar-refractivity contribution in [3.63, 3.8) is 0 Å². The molecule has 0 aliphatic carbocycles. The van der Waals surface area contributed by atoms with Crippen LogP contribution < -0.4 is 0 Å². The first-order valence-electron chi connectivity index (χ1n) is 9.02. The van der Waals surface area contributed by atoms with Crippen molar-refractivity contribution in [1.82, 2.24) is 0 Å². The van der Waals surface area contributed by atoms with Crippen LogP contribution in [0.2, 0.25) is 0 Å². The van der Waals surface area contributed by atoms with Crippen LogP contribution in [0, 0.1) is 0 Å². The maximum absolute atomic E-state index is 11.5. The van der Waals surface area contributed by atoms with Crippen LogP contribution in [0.25, 0.3) is 0 Å². The van der Waals surface area contributed by atoms with Gasteiger partial charge in [0.05, 0.1) is 0 Å². The third-order valence-electron chi connectivity index (χ3n) is 3.58. The smallest absolute Gasteiger partial charge is 0.305 e. The molecule has 0 aromatic carbocycles. The Labute approximate surface area is 135 Å². The van der Waals surface area contributed by atoms with Crippen LogP contribution in [-0.4, -0.2) is 25.2 Å². The molecule has 130 valence electrons. The number of unbranched alkanes of at least 4 members (excludes halogenated alkanes) is 8. The Morgan fingerprint density at radius 2 is 0.955 bits per heavy atom. The lowest BCUT2D eigenvalue weighted by molar-refractivity contribution is -0.152. The number of esters is 2. The van der Waals surface area contributed by atoms with Gasteiger partial charge in [0.1, 0.15) is 13.2 Å². The summed E-state index contributed by atoms with van der Waals surface area (Å²) in [6, 6.07) is 0. The number of hydrogen-bond acceptors (Lipinski definition) is 4. The van der Waals surface area contributed by atoms with Crippen LogP contribution in [-0.2, 0) is 19.1 Å². The minimum Gasteiger partial charge on any atom is -0.462 e. The molecule has 0 atom stereocenters. The van der Waals surface area contributed by atoms with Gasteiger partial charge < -0.3 is 9.47 Å². The van der Waals surface area contributed by atoms with Gasteiger partial charge in [-0.25, -0.2) is 0 Å². The molecule has 4 nitrogen and oxygen atoms in total. The maximum Gasteiger partial charge on any atom is 0.305 e. The zero-order valence-corrected chi connectivity index (χ0v) is 14.5. The quantitative estimate of drug-likeness (QED) is 0.322. The van der Waals surface area contributed by atoms with E-state index in [4.69, 9.17) is 9.47 Å². The fraction of sp³-hybridized carbons (Fsp3) is 0.889. The second kappa shape index (κ2) is 16.3. The third-order valence-corrected chi connectivity index (χ3v) is 3.58. The molecule has 0 saturated heterocycles. The van der Waals surface area contributed by atoms with Gasteiger partial charge >= 0.3 is 11.9 Å². The number of rotatable bonds is 15. The standard InChI is InChI=1S/C18H34O4/c1-3-5-7-8-9-10-12-14-18(20)22-16-15-21-17(19)13-11-6-4-2/h3-16H2,1-2H3. The molecule has 0 radical (unpaired) electrons. The van der Waals surface area contributed by atoms with Gasteiger partial charge in [-0.1, -0.05) is 65.2 Å². The largest absolute Gasteiger partial charge is 0.462 e. The van der Waals surface area contributed by atoms with E-state index in [0.717, 1.165) is 32.1 Å². The van der Waals surface area contributed by atoms with Crippen molar-refractivity contribution in [2.24, 2.45) is 0 Å². The molecular weight excluding hydrogens is 280 g/mol. The summed E-state index contributed by atoms with van der Waals surface area (Å²) >= 11 is 0. The summed E-state index contributed by atoms with van der Waals surface area (Å²) < 4.78 is 10.1. The zero-order chi connectivity index (χ0) is 16.5. The van der Waals surface area contributed by atoms with Crippen molar-refractivity contribution in [2.45, 2.75) is 90.9 Å². The van der Waals surface area contributed by atoms with Crippen LogP contribution in [0.3, 0.4) is 0 Å². The van der Waals surface area contributed by atoms with Crippen molar-refractivity contribution < 1.29 is 19.1 Å². The van der Waals surface area contributed by atoms with Gasteiger partial charge in [0.15, 0.2) is 0 Å². The monoisotopic (exact) mass is 314 g/mol. The molecule has 0 unspecified atom stereocenters. The SMILES string of the molecule is CCCCCCCCCC(=O)OCCOC(=O)CCCCC. The predicted octanol–water partition coefficient (Wildman–Crippen LogP) is 4.79. The second-order valence-corrected chi connectivity index (χ2v) is 5.77. The van der Waals surface area contributed by atoms with E-state index >= 15 is 0 Å². The van der Waals surface area contributed by atoms with Crippen molar-refractivity contribution in [3.05, 3.63) is 0 Å². The Bertz CT molecular complexity index is 276. The van der Waals surface area contributed by atoms with E-state index in [1.807, 2.05) is 0 Å². The van der Waals surface area contributed by atoms with Crippen molar-refractivity contribution in [1.29, 1.82) is 0 Å². The lowest BCUT2D eigenvalue weighted by Gasteiger charge is -2.06. The number of carbonyl (C=O) groups is 2. The lowest BCUT2D eigenvalue weighted by atomic mass is 10.1. The fourth-order valence-electron chi connectivity index (χ4n) is 2.20. The van der Waals surface area contributed by atoms with Crippen LogP contribution in [0.15, 0.2) is 0 Å². The highest BCUT2D eigenvalue weighted by Crippen LogP contribution is 2.08. The minimum absolute atomic E-state index is 0.174. The molecule has 0 saturated carbocycles. The van der Waals surface area contributed by atoms with Crippen molar-refractivity contribution in [2.75, 3.05) is 13.2 Å². The zero-order valence-electron chi connectivity index (χ0n) is 14.5. The molecule has 0 rings (SSSR count). The molecule has 0 aromatic rings. The molecule has 0 spiro atoms. The molecule has 0 N–H and O–H groups in total. The second-order valence-electron chi connectivity index (χ2n) is 5.77. The van der Waals surface area contributed by atoms with Crippen LogP contribution in [0.4, 0.5) is 0 Å². The highest BCUT2D eigenvalue weighted by atomic mass is 16.6. The summed E-state index contributed by atoms with van der Waals surface area (Å²) in [5, 5.41) is 0. The summed E-state index contributed by atoms with van der Waals surface area (Å²) in [6.07, 6.45) is 12.2. The van der Waals surface area contributed by atoms with Gasteiger partial charge in [-0.2, -0.15) is 0 Å². The summed E-state index contributed by atoms with van der Waals surface area (Å²) in [4.78, 5) is 22.8. The molecule has 0 fully saturated rings. The van der Waals surface area contributed by atoms with Crippen LogP contribution in [0.1, 0.15) is 90.9 Å². The maximum atomic E-state index is 11.5. The lowest BCUT2D eigenvalue weighted by Crippen LogP contribution is -2.13. The van der Waals surface area contributed by atoms with Gasteiger partial charge in [0, 0.05) is 12.8 Å². The Balaban J connectivity index is 3.30. The number of carbonyl (C=O) groups excluding carboxylic acids is 2. The highest BCUT2D eigenvalue weighted by molar-refractivity contribution is 5.70. The molecule has 0 aliphatic rings. The Morgan fingerprint density at radius 1 is 0.591 bits per heavy atom. The molecule has 0 amide bonds. The normalized spacial score (nSPS) is 10.5. The first kappa shape index (κ1) is 20.9. The predicted molar refractivity (Wildman–Crippen MR) is 88.7 cm³/mol. The molecule has 0 aliphatic heterocycles. The first-order valence-corrected chi connectivity index (χ1v) is 9.02. The third kappa shape index (κ3) is 15.3. The molecular formula is C18H34O4. The van der Waals surface area contributed by atoms with Crippen molar-refractivity contribution in [3.8, 4) is 0 Å². The van der Waals surface area contributed by atoms with Gasteiger partial charge in [-0.05, 0) is 12.8 Å². The van der Waals surface area contributed by atoms with E-state index in [1.54, 1.807) is 0 Å². The molecule has 0 bridgehead atoms. The number of hydrogen-bond donors (Lipinski definition) is 0. The van der Waals surface area contributed by atoms with E-state index < -0.39 is 0 Å². The fourth-order valence-corrected chi connectivity index (χ4v) is 2.20. The van der Waals surface area contributed by atoms with E-state index in [1.165, 1.54) is 32.1 Å². The average molecular weight is 314 g/mol. The molecule has 22 heavy (non-hydrogen) atoms. The molecule has 0 heterocycles. The van der Waals surface area contributed by atoms with Gasteiger partial charge in [0.25, 0.3) is 0 Å². The first-order chi connectivity index (χ1) is 10.7. The minimum atomic E-state index is -0.198.